The SMILES string of the molecule is CCOC(=O)c1cc(C(=O)n2ccccc2=NC2CCCCC2)cc([N+](=O)[O-])c1. The summed E-state index contributed by atoms with van der Waals surface area (Å²) in [5, 5.41) is 11.3. The van der Waals surface area contributed by atoms with E-state index in [2.05, 4.69) is 0 Å². The Balaban J connectivity index is 2.03. The van der Waals surface area contributed by atoms with Crippen LogP contribution in [0.25, 0.3) is 0 Å². The number of hydrogen-bond donors (Lipinski definition) is 0. The highest BCUT2D eigenvalue weighted by Crippen LogP contribution is 2.20. The largest absolute Gasteiger partial charge is 0.462 e. The van der Waals surface area contributed by atoms with E-state index in [4.69, 9.17) is 9.73 Å². The average molecular weight is 397 g/mol. The predicted octanol–water partition coefficient (Wildman–Crippen LogP) is 3.49. The van der Waals surface area contributed by atoms with Crippen LogP contribution in [-0.4, -0.2) is 34.0 Å². The smallest absolute Gasteiger partial charge is 0.338 e. The van der Waals surface area contributed by atoms with E-state index in [9.17, 15) is 19.7 Å². The Bertz CT molecular complexity index is 990. The first kappa shape index (κ1) is 20.4. The molecule has 0 radical (unpaired) electrons. The molecule has 152 valence electrons. The van der Waals surface area contributed by atoms with Gasteiger partial charge in [-0.05, 0) is 38.0 Å². The molecule has 2 aromatic rings. The molecule has 1 aromatic heterocycles. The molecule has 1 heterocycles. The Kier molecular flexibility index (Phi) is 6.54. The van der Waals surface area contributed by atoms with Crippen LogP contribution >= 0.6 is 0 Å². The van der Waals surface area contributed by atoms with Crippen molar-refractivity contribution in [1.29, 1.82) is 0 Å². The zero-order valence-corrected chi connectivity index (χ0v) is 16.2. The molecular weight excluding hydrogens is 374 g/mol. The van der Waals surface area contributed by atoms with Crippen molar-refractivity contribution >= 4 is 17.6 Å². The summed E-state index contributed by atoms with van der Waals surface area (Å²) >= 11 is 0. The minimum atomic E-state index is -0.713. The highest BCUT2D eigenvalue weighted by Gasteiger charge is 2.20. The average Bonchev–Trinajstić information content (AvgIpc) is 2.74. The first-order valence-corrected chi connectivity index (χ1v) is 9.72. The van der Waals surface area contributed by atoms with Gasteiger partial charge >= 0.3 is 5.97 Å². The van der Waals surface area contributed by atoms with E-state index in [0.29, 0.717) is 5.49 Å². The fourth-order valence-electron chi connectivity index (χ4n) is 3.42. The van der Waals surface area contributed by atoms with Crippen molar-refractivity contribution in [3.63, 3.8) is 0 Å². The fourth-order valence-corrected chi connectivity index (χ4v) is 3.42. The summed E-state index contributed by atoms with van der Waals surface area (Å²) in [6, 6.07) is 8.98. The molecule has 0 unspecified atom stereocenters. The lowest BCUT2D eigenvalue weighted by molar-refractivity contribution is -0.384. The Morgan fingerprint density at radius 1 is 1.17 bits per heavy atom. The van der Waals surface area contributed by atoms with Crippen molar-refractivity contribution < 1.29 is 19.2 Å². The summed E-state index contributed by atoms with van der Waals surface area (Å²) in [6.07, 6.45) is 6.96. The number of aromatic nitrogens is 1. The number of nitrogens with zero attached hydrogens (tertiary/aromatic N) is 3. The van der Waals surface area contributed by atoms with Gasteiger partial charge in [-0.15, -0.1) is 0 Å². The number of carbonyl (C=O) groups excluding carboxylic acids is 2. The van der Waals surface area contributed by atoms with Gasteiger partial charge in [0.15, 0.2) is 0 Å². The van der Waals surface area contributed by atoms with E-state index in [0.717, 1.165) is 37.8 Å². The summed E-state index contributed by atoms with van der Waals surface area (Å²) in [5.74, 6) is -1.20. The first-order chi connectivity index (χ1) is 14.0. The van der Waals surface area contributed by atoms with E-state index < -0.39 is 16.8 Å². The fraction of sp³-hybridized carbons (Fsp3) is 0.381. The Labute approximate surface area is 168 Å². The van der Waals surface area contributed by atoms with Crippen molar-refractivity contribution in [2.75, 3.05) is 6.61 Å². The van der Waals surface area contributed by atoms with Crippen molar-refractivity contribution in [2.45, 2.75) is 45.1 Å². The van der Waals surface area contributed by atoms with Crippen LogP contribution in [0, 0.1) is 10.1 Å². The maximum absolute atomic E-state index is 13.1. The van der Waals surface area contributed by atoms with Gasteiger partial charge in [0, 0.05) is 23.9 Å². The Morgan fingerprint density at radius 3 is 2.59 bits per heavy atom. The molecule has 0 N–H and O–H groups in total. The van der Waals surface area contributed by atoms with Crippen LogP contribution < -0.4 is 5.49 Å². The molecule has 1 aliphatic rings. The predicted molar refractivity (Wildman–Crippen MR) is 106 cm³/mol. The molecule has 0 aliphatic heterocycles. The number of rotatable bonds is 5. The van der Waals surface area contributed by atoms with Crippen LogP contribution in [0.5, 0.6) is 0 Å². The topological polar surface area (TPSA) is 104 Å². The lowest BCUT2D eigenvalue weighted by Crippen LogP contribution is -2.29. The molecule has 0 atom stereocenters. The van der Waals surface area contributed by atoms with Crippen LogP contribution in [0.15, 0.2) is 47.6 Å². The van der Waals surface area contributed by atoms with E-state index in [1.54, 1.807) is 31.3 Å². The molecule has 1 aliphatic carbocycles. The quantitative estimate of drug-likeness (QED) is 0.436. The van der Waals surface area contributed by atoms with Crippen LogP contribution in [-0.2, 0) is 4.74 Å². The van der Waals surface area contributed by atoms with E-state index in [1.165, 1.54) is 17.1 Å². The standard InChI is InChI=1S/C21H23N3O5/c1-2-29-21(26)16-12-15(13-18(14-16)24(27)28)20(25)23-11-7-6-10-19(23)22-17-8-4-3-5-9-17/h6-7,10-14,17H,2-5,8-9H2,1H3. The molecule has 1 saturated carbocycles. The monoisotopic (exact) mass is 397 g/mol. The molecule has 0 amide bonds. The van der Waals surface area contributed by atoms with Crippen molar-refractivity contribution in [2.24, 2.45) is 4.99 Å². The van der Waals surface area contributed by atoms with Gasteiger partial charge in [-0.1, -0.05) is 25.3 Å². The van der Waals surface area contributed by atoms with Gasteiger partial charge in [-0.3, -0.25) is 24.5 Å². The van der Waals surface area contributed by atoms with Crippen molar-refractivity contribution in [1.82, 2.24) is 4.57 Å². The van der Waals surface area contributed by atoms with Crippen molar-refractivity contribution in [3.8, 4) is 0 Å². The third-order valence-electron chi connectivity index (χ3n) is 4.83. The summed E-state index contributed by atoms with van der Waals surface area (Å²) in [7, 11) is 0. The molecular formula is C21H23N3O5. The van der Waals surface area contributed by atoms with Gasteiger partial charge in [0.25, 0.3) is 11.6 Å². The van der Waals surface area contributed by atoms with Gasteiger partial charge in [0.2, 0.25) is 0 Å². The normalized spacial score (nSPS) is 15.1. The van der Waals surface area contributed by atoms with Crippen LogP contribution in [0.3, 0.4) is 0 Å². The molecule has 8 heteroatoms. The number of carbonyl (C=O) groups is 2. The number of nitro benzene ring substituents is 1. The summed E-state index contributed by atoms with van der Waals surface area (Å²) in [6.45, 7) is 1.77. The van der Waals surface area contributed by atoms with Crippen molar-refractivity contribution in [3.05, 3.63) is 69.3 Å². The van der Waals surface area contributed by atoms with E-state index in [-0.39, 0.29) is 29.5 Å². The maximum Gasteiger partial charge on any atom is 0.338 e. The molecule has 0 saturated heterocycles. The number of esters is 1. The van der Waals surface area contributed by atoms with Gasteiger partial charge < -0.3 is 4.74 Å². The summed E-state index contributed by atoms with van der Waals surface area (Å²) in [4.78, 5) is 40.6. The molecule has 8 nitrogen and oxygen atoms in total. The highest BCUT2D eigenvalue weighted by atomic mass is 16.6. The third kappa shape index (κ3) is 4.96. The van der Waals surface area contributed by atoms with Gasteiger partial charge in [-0.25, -0.2) is 4.79 Å². The first-order valence-electron chi connectivity index (χ1n) is 9.72. The number of non-ortho nitro benzene ring substituents is 1. The maximum atomic E-state index is 13.1. The Hall–Kier alpha value is -3.29. The molecule has 1 fully saturated rings. The van der Waals surface area contributed by atoms with Gasteiger partial charge in [0.1, 0.15) is 5.49 Å². The number of nitro groups is 1. The number of ether oxygens (including phenoxy) is 1. The second kappa shape index (κ2) is 9.27. The van der Waals surface area contributed by atoms with Gasteiger partial charge in [-0.2, -0.15) is 0 Å². The number of pyridine rings is 1. The van der Waals surface area contributed by atoms with E-state index >= 15 is 0 Å². The number of hydrogen-bond acceptors (Lipinski definition) is 6. The zero-order valence-electron chi connectivity index (χ0n) is 16.2. The molecule has 1 aromatic carbocycles. The summed E-state index contributed by atoms with van der Waals surface area (Å²) < 4.78 is 6.29. The lowest BCUT2D eigenvalue weighted by Gasteiger charge is -2.17. The third-order valence-corrected chi connectivity index (χ3v) is 4.83. The van der Waals surface area contributed by atoms with Gasteiger partial charge in [0.05, 0.1) is 23.1 Å². The molecule has 29 heavy (non-hydrogen) atoms. The zero-order chi connectivity index (χ0) is 20.8. The van der Waals surface area contributed by atoms with Crippen LogP contribution in [0.2, 0.25) is 0 Å². The summed E-state index contributed by atoms with van der Waals surface area (Å²) in [5.41, 5.74) is 0.139. The molecule has 3 rings (SSSR count). The minimum Gasteiger partial charge on any atom is -0.462 e. The number of benzene rings is 1. The molecule has 0 spiro atoms. The van der Waals surface area contributed by atoms with E-state index in [1.807, 2.05) is 0 Å². The minimum absolute atomic E-state index is 0.0264. The lowest BCUT2D eigenvalue weighted by atomic mass is 9.96. The van der Waals surface area contributed by atoms with Crippen LogP contribution in [0.4, 0.5) is 5.69 Å². The Morgan fingerprint density at radius 2 is 1.90 bits per heavy atom. The molecule has 0 bridgehead atoms. The van der Waals surface area contributed by atoms with Crippen LogP contribution in [0.1, 0.15) is 59.7 Å². The second-order valence-electron chi connectivity index (χ2n) is 6.90. The highest BCUT2D eigenvalue weighted by molar-refractivity contribution is 6.00. The second-order valence-corrected chi connectivity index (χ2v) is 6.90.